The highest BCUT2D eigenvalue weighted by atomic mass is 16.5. The van der Waals surface area contributed by atoms with E-state index < -0.39 is 0 Å². The average Bonchev–Trinajstić information content (AvgIpc) is 2.07. The van der Waals surface area contributed by atoms with Gasteiger partial charge >= 0.3 is 0 Å². The summed E-state index contributed by atoms with van der Waals surface area (Å²) in [6.45, 7) is 0. The van der Waals surface area contributed by atoms with Crippen LogP contribution in [0.5, 0.6) is 0 Å². The van der Waals surface area contributed by atoms with Gasteiger partial charge in [-0.25, -0.2) is 0 Å². The second kappa shape index (κ2) is 3.86. The van der Waals surface area contributed by atoms with Gasteiger partial charge in [0.1, 0.15) is 0 Å². The molecular weight excluding hydrogens is 138 g/mol. The third-order valence-corrected chi connectivity index (χ3v) is 1.59. The molecule has 0 heterocycles. The van der Waals surface area contributed by atoms with Crippen LogP contribution in [-0.4, -0.2) is 14.2 Å². The van der Waals surface area contributed by atoms with Crippen molar-refractivity contribution >= 4 is 0 Å². The summed E-state index contributed by atoms with van der Waals surface area (Å²) in [5.41, 5.74) is 2.37. The van der Waals surface area contributed by atoms with Crippen LogP contribution in [-0.2, 0) is 4.74 Å². The fourth-order valence-corrected chi connectivity index (χ4v) is 0.985. The van der Waals surface area contributed by atoms with Gasteiger partial charge in [-0.1, -0.05) is 12.2 Å². The van der Waals surface area contributed by atoms with Crippen molar-refractivity contribution in [2.75, 3.05) is 14.2 Å². The summed E-state index contributed by atoms with van der Waals surface area (Å²) in [7, 11) is 3.58. The van der Waals surface area contributed by atoms with Crippen molar-refractivity contribution in [3.8, 4) is 0 Å². The summed E-state index contributed by atoms with van der Waals surface area (Å²) in [5.74, 6) is 0. The predicted molar refractivity (Wildman–Crippen MR) is 46.0 cm³/mol. The highest BCUT2D eigenvalue weighted by molar-refractivity contribution is 5.33. The SMILES string of the molecule is CNC1=CC/C(=C/OC)C=C1. The van der Waals surface area contributed by atoms with Gasteiger partial charge in [-0.3, -0.25) is 0 Å². The van der Waals surface area contributed by atoms with Gasteiger partial charge in [0.2, 0.25) is 0 Å². The van der Waals surface area contributed by atoms with Gasteiger partial charge in [-0.05, 0) is 18.1 Å². The largest absolute Gasteiger partial charge is 0.504 e. The lowest BCUT2D eigenvalue weighted by atomic mass is 10.1. The summed E-state index contributed by atoms with van der Waals surface area (Å²) in [4.78, 5) is 0. The number of ether oxygens (including phenoxy) is 1. The minimum Gasteiger partial charge on any atom is -0.504 e. The third kappa shape index (κ3) is 2.15. The van der Waals surface area contributed by atoms with Crippen molar-refractivity contribution in [3.05, 3.63) is 35.8 Å². The zero-order valence-electron chi connectivity index (χ0n) is 6.92. The maximum absolute atomic E-state index is 4.89. The molecular formula is C9H13NO. The molecule has 0 amide bonds. The van der Waals surface area contributed by atoms with E-state index >= 15 is 0 Å². The molecule has 11 heavy (non-hydrogen) atoms. The van der Waals surface area contributed by atoms with Crippen LogP contribution in [0.2, 0.25) is 0 Å². The smallest absolute Gasteiger partial charge is 0.0859 e. The van der Waals surface area contributed by atoms with E-state index in [1.807, 2.05) is 13.1 Å². The molecule has 2 heteroatoms. The Kier molecular flexibility index (Phi) is 2.78. The molecule has 0 aliphatic heterocycles. The Morgan fingerprint density at radius 1 is 1.55 bits per heavy atom. The lowest BCUT2D eigenvalue weighted by Crippen LogP contribution is -2.05. The molecule has 1 aliphatic carbocycles. The monoisotopic (exact) mass is 151 g/mol. The van der Waals surface area contributed by atoms with E-state index in [2.05, 4.69) is 17.5 Å². The first-order chi connectivity index (χ1) is 5.36. The van der Waals surface area contributed by atoms with Crippen molar-refractivity contribution in [3.63, 3.8) is 0 Å². The molecule has 0 atom stereocenters. The van der Waals surface area contributed by atoms with Gasteiger partial charge in [0.25, 0.3) is 0 Å². The van der Waals surface area contributed by atoms with Gasteiger partial charge in [-0.2, -0.15) is 0 Å². The Bertz CT molecular complexity index is 214. The quantitative estimate of drug-likeness (QED) is 0.605. The number of rotatable bonds is 2. The van der Waals surface area contributed by atoms with Crippen LogP contribution >= 0.6 is 0 Å². The minimum atomic E-state index is 0.945. The van der Waals surface area contributed by atoms with Crippen LogP contribution in [0.3, 0.4) is 0 Å². The molecule has 1 aliphatic rings. The molecule has 0 radical (unpaired) electrons. The Hall–Kier alpha value is -1.18. The molecule has 0 saturated heterocycles. The lowest BCUT2D eigenvalue weighted by Gasteiger charge is -2.07. The normalized spacial score (nSPS) is 19.8. The van der Waals surface area contributed by atoms with E-state index in [9.17, 15) is 0 Å². The second-order valence-electron chi connectivity index (χ2n) is 2.38. The van der Waals surface area contributed by atoms with E-state index in [1.165, 1.54) is 11.3 Å². The van der Waals surface area contributed by atoms with Crippen LogP contribution in [0.1, 0.15) is 6.42 Å². The molecule has 1 rings (SSSR count). The van der Waals surface area contributed by atoms with Crippen LogP contribution in [0.25, 0.3) is 0 Å². The number of methoxy groups -OCH3 is 1. The Morgan fingerprint density at radius 2 is 2.36 bits per heavy atom. The van der Waals surface area contributed by atoms with Gasteiger partial charge in [0.05, 0.1) is 13.4 Å². The van der Waals surface area contributed by atoms with Gasteiger partial charge in [0, 0.05) is 12.7 Å². The zero-order chi connectivity index (χ0) is 8.10. The van der Waals surface area contributed by atoms with E-state index in [0.717, 1.165) is 6.42 Å². The van der Waals surface area contributed by atoms with Crippen LogP contribution < -0.4 is 5.32 Å². The van der Waals surface area contributed by atoms with Crippen molar-refractivity contribution in [2.24, 2.45) is 0 Å². The first-order valence-corrected chi connectivity index (χ1v) is 3.64. The van der Waals surface area contributed by atoms with Gasteiger partial charge in [0.15, 0.2) is 0 Å². The number of hydrogen-bond acceptors (Lipinski definition) is 2. The fraction of sp³-hybridized carbons (Fsp3) is 0.333. The highest BCUT2D eigenvalue weighted by Crippen LogP contribution is 2.12. The molecule has 1 N–H and O–H groups in total. The molecule has 0 aromatic heterocycles. The number of likely N-dealkylation sites (N-methyl/N-ethyl adjacent to an activating group) is 1. The van der Waals surface area contributed by atoms with E-state index in [-0.39, 0.29) is 0 Å². The van der Waals surface area contributed by atoms with Crippen molar-refractivity contribution in [1.29, 1.82) is 0 Å². The minimum absolute atomic E-state index is 0.945. The molecule has 0 unspecified atom stereocenters. The maximum atomic E-state index is 4.89. The molecule has 0 aromatic rings. The Labute approximate surface area is 67.2 Å². The molecule has 60 valence electrons. The number of nitrogens with one attached hydrogen (secondary N) is 1. The molecule has 0 bridgehead atoms. The van der Waals surface area contributed by atoms with Crippen LogP contribution in [0.15, 0.2) is 35.8 Å². The van der Waals surface area contributed by atoms with E-state index in [0.29, 0.717) is 0 Å². The fourth-order valence-electron chi connectivity index (χ4n) is 0.985. The summed E-state index contributed by atoms with van der Waals surface area (Å²) in [6, 6.07) is 0. The van der Waals surface area contributed by atoms with E-state index in [1.54, 1.807) is 13.4 Å². The molecule has 2 nitrogen and oxygen atoms in total. The van der Waals surface area contributed by atoms with Crippen molar-refractivity contribution in [2.45, 2.75) is 6.42 Å². The topological polar surface area (TPSA) is 21.3 Å². The molecule has 0 fully saturated rings. The summed E-state index contributed by atoms with van der Waals surface area (Å²) < 4.78 is 4.89. The van der Waals surface area contributed by atoms with Crippen LogP contribution in [0, 0.1) is 0 Å². The maximum Gasteiger partial charge on any atom is 0.0859 e. The molecule has 0 saturated carbocycles. The third-order valence-electron chi connectivity index (χ3n) is 1.59. The van der Waals surface area contributed by atoms with Gasteiger partial charge in [-0.15, -0.1) is 0 Å². The highest BCUT2D eigenvalue weighted by Gasteiger charge is 1.98. The summed E-state index contributed by atoms with van der Waals surface area (Å²) in [6.07, 6.45) is 8.93. The summed E-state index contributed by atoms with van der Waals surface area (Å²) in [5, 5.41) is 3.07. The first kappa shape index (κ1) is 7.92. The molecule has 0 spiro atoms. The first-order valence-electron chi connectivity index (χ1n) is 3.64. The number of allylic oxidation sites excluding steroid dienone is 4. The van der Waals surface area contributed by atoms with Crippen molar-refractivity contribution < 1.29 is 4.74 Å². The predicted octanol–water partition coefficient (Wildman–Crippen LogP) is 1.58. The van der Waals surface area contributed by atoms with Crippen LogP contribution in [0.4, 0.5) is 0 Å². The lowest BCUT2D eigenvalue weighted by molar-refractivity contribution is 0.334. The van der Waals surface area contributed by atoms with E-state index in [4.69, 9.17) is 4.74 Å². The Morgan fingerprint density at radius 3 is 2.82 bits per heavy atom. The van der Waals surface area contributed by atoms with Gasteiger partial charge < -0.3 is 10.1 Å². The van der Waals surface area contributed by atoms with Crippen molar-refractivity contribution in [1.82, 2.24) is 5.32 Å². The number of hydrogen-bond donors (Lipinski definition) is 1. The second-order valence-corrected chi connectivity index (χ2v) is 2.38. The summed E-state index contributed by atoms with van der Waals surface area (Å²) >= 11 is 0. The molecule has 0 aromatic carbocycles. The Balaban J connectivity index is 2.57. The zero-order valence-corrected chi connectivity index (χ0v) is 6.92. The average molecular weight is 151 g/mol. The standard InChI is InChI=1S/C9H13NO/c1-10-9-5-3-8(4-6-9)7-11-2/h3,5-7,10H,4H2,1-2H3/b8-7+.